The average molecular weight is 727 g/mol. The lowest BCUT2D eigenvalue weighted by atomic mass is 9.33. The highest BCUT2D eigenvalue weighted by atomic mass is 16.4. The zero-order valence-corrected chi connectivity index (χ0v) is 34.0. The van der Waals surface area contributed by atoms with Crippen molar-refractivity contribution in [2.75, 3.05) is 6.54 Å². The first-order valence-corrected chi connectivity index (χ1v) is 21.1. The van der Waals surface area contributed by atoms with Crippen LogP contribution in [0.4, 0.5) is 0 Å². The standard InChI is InChI=1S/C44H74N2O6/c1-29(37(50)51)46-35(48)17-15-13-11-9-10-12-14-16-26-45-38(52)44-24-22-39(2,3)27-31(44)30-18-19-34-41(6)28-32(47)36(49)40(4,5)33(41)20-21-43(34,8)42(30,7)23-25-44/h18,29,31-34,36,47,49H,9-17,19-28H2,1-8H3,(H,45,52)(H,46,48)(H,50,51)/t29-,31+,32-,33+,34-,36+,41+,42-,43-,44+/m1/s1. The predicted octanol–water partition coefficient (Wildman–Crippen LogP) is 8.34. The van der Waals surface area contributed by atoms with Crippen LogP contribution < -0.4 is 10.6 Å². The SMILES string of the molecule is C[C@@H](NC(=O)CCCCCCCCCCNC(=O)[C@]12CCC(C)(C)C[C@H]1C1=CC[C@@H]3[C@@]4(C)C[C@@H](O)[C@H](O)C(C)(C)[C@@H]4CC[C@@]3(C)[C@]1(C)CC2)C(=O)O. The molecule has 0 radical (unpaired) electrons. The Labute approximate surface area is 315 Å². The van der Waals surface area contributed by atoms with Gasteiger partial charge in [-0.1, -0.05) is 98.6 Å². The van der Waals surface area contributed by atoms with Crippen molar-refractivity contribution >= 4 is 17.8 Å². The number of carbonyl (C=O) groups is 3. The second-order valence-corrected chi connectivity index (χ2v) is 20.4. The van der Waals surface area contributed by atoms with E-state index in [-0.39, 0.29) is 50.2 Å². The zero-order valence-electron chi connectivity index (χ0n) is 34.0. The van der Waals surface area contributed by atoms with Crippen molar-refractivity contribution in [3.8, 4) is 0 Å². The fourth-order valence-electron chi connectivity index (χ4n) is 13.0. The van der Waals surface area contributed by atoms with Gasteiger partial charge in [0.2, 0.25) is 11.8 Å². The van der Waals surface area contributed by atoms with Gasteiger partial charge in [-0.05, 0) is 122 Å². The number of hydrogen-bond donors (Lipinski definition) is 5. The third-order valence-electron chi connectivity index (χ3n) is 16.4. The maximum absolute atomic E-state index is 14.4. The molecule has 4 fully saturated rings. The van der Waals surface area contributed by atoms with E-state index in [1.54, 1.807) is 5.57 Å². The molecular formula is C44H74N2O6. The molecule has 10 atom stereocenters. The number of unbranched alkanes of at least 4 members (excludes halogenated alkanes) is 7. The Hall–Kier alpha value is -1.93. The first kappa shape index (κ1) is 41.2. The summed E-state index contributed by atoms with van der Waals surface area (Å²) in [5, 5.41) is 37.2. The maximum Gasteiger partial charge on any atom is 0.325 e. The van der Waals surface area contributed by atoms with E-state index in [0.717, 1.165) is 109 Å². The molecule has 5 aliphatic carbocycles. The fraction of sp³-hybridized carbons (Fsp3) is 0.886. The van der Waals surface area contributed by atoms with Crippen LogP contribution in [0.2, 0.25) is 0 Å². The molecule has 0 aromatic heterocycles. The summed E-state index contributed by atoms with van der Waals surface area (Å²) in [6, 6.07) is -0.842. The number of carboxylic acid groups (broad SMARTS) is 1. The van der Waals surface area contributed by atoms with Gasteiger partial charge in [-0.2, -0.15) is 0 Å². The molecule has 0 bridgehead atoms. The van der Waals surface area contributed by atoms with Crippen LogP contribution in [0.3, 0.4) is 0 Å². The number of fused-ring (bicyclic) bond motifs is 7. The highest BCUT2D eigenvalue weighted by Gasteiger charge is 2.70. The van der Waals surface area contributed by atoms with Gasteiger partial charge in [0.25, 0.3) is 0 Å². The molecule has 0 heterocycles. The molecule has 4 saturated carbocycles. The first-order valence-electron chi connectivity index (χ1n) is 21.1. The number of amides is 2. The summed E-state index contributed by atoms with van der Waals surface area (Å²) in [5.74, 6) is 0.158. The van der Waals surface area contributed by atoms with Crippen molar-refractivity contribution in [1.82, 2.24) is 10.6 Å². The lowest BCUT2D eigenvalue weighted by Crippen LogP contribution is -2.67. The Morgan fingerprint density at radius 3 is 2.08 bits per heavy atom. The quantitative estimate of drug-likeness (QED) is 0.0902. The third kappa shape index (κ3) is 7.39. The molecule has 0 aromatic rings. The van der Waals surface area contributed by atoms with Crippen LogP contribution in [0, 0.1) is 50.2 Å². The fourth-order valence-corrected chi connectivity index (χ4v) is 13.0. The molecule has 296 valence electrons. The Bertz CT molecular complexity index is 1360. The molecule has 0 aliphatic heterocycles. The Balaban J connectivity index is 1.16. The van der Waals surface area contributed by atoms with Crippen LogP contribution in [0.1, 0.15) is 171 Å². The second kappa shape index (κ2) is 15.3. The molecule has 8 heteroatoms. The van der Waals surface area contributed by atoms with Gasteiger partial charge < -0.3 is 26.0 Å². The molecular weight excluding hydrogens is 652 g/mol. The highest BCUT2D eigenvalue weighted by molar-refractivity contribution is 5.84. The Kier molecular flexibility index (Phi) is 12.1. The molecule has 0 aromatic carbocycles. The predicted molar refractivity (Wildman–Crippen MR) is 206 cm³/mol. The van der Waals surface area contributed by atoms with Crippen molar-refractivity contribution < 1.29 is 29.7 Å². The van der Waals surface area contributed by atoms with Gasteiger partial charge in [0.1, 0.15) is 6.04 Å². The summed E-state index contributed by atoms with van der Waals surface area (Å²) in [5.41, 5.74) is 1.17. The molecule has 0 saturated heterocycles. The normalized spacial score (nSPS) is 39.4. The minimum absolute atomic E-state index is 0.0161. The molecule has 2 amide bonds. The summed E-state index contributed by atoms with van der Waals surface area (Å²) in [4.78, 5) is 37.2. The van der Waals surface area contributed by atoms with E-state index in [4.69, 9.17) is 5.11 Å². The van der Waals surface area contributed by atoms with Crippen molar-refractivity contribution in [3.63, 3.8) is 0 Å². The smallest absolute Gasteiger partial charge is 0.325 e. The topological polar surface area (TPSA) is 136 Å². The van der Waals surface area contributed by atoms with Crippen LogP contribution in [0.25, 0.3) is 0 Å². The van der Waals surface area contributed by atoms with E-state index in [9.17, 15) is 24.6 Å². The Morgan fingerprint density at radius 2 is 1.42 bits per heavy atom. The number of nitrogens with one attached hydrogen (secondary N) is 2. The van der Waals surface area contributed by atoms with Gasteiger partial charge in [-0.15, -0.1) is 0 Å². The molecule has 5 aliphatic rings. The summed E-state index contributed by atoms with van der Waals surface area (Å²) in [6.07, 6.45) is 19.0. The van der Waals surface area contributed by atoms with Gasteiger partial charge in [0, 0.05) is 13.0 Å². The Morgan fingerprint density at radius 1 is 0.808 bits per heavy atom. The lowest BCUT2D eigenvalue weighted by molar-refractivity contribution is -0.231. The minimum Gasteiger partial charge on any atom is -0.480 e. The molecule has 52 heavy (non-hydrogen) atoms. The van der Waals surface area contributed by atoms with Gasteiger partial charge in [-0.3, -0.25) is 14.4 Å². The summed E-state index contributed by atoms with van der Waals surface area (Å²) in [7, 11) is 0. The number of aliphatic carboxylic acids is 1. The summed E-state index contributed by atoms with van der Waals surface area (Å²) >= 11 is 0. The van der Waals surface area contributed by atoms with E-state index in [1.165, 1.54) is 6.92 Å². The first-order chi connectivity index (χ1) is 24.2. The van der Waals surface area contributed by atoms with Crippen molar-refractivity contribution in [2.24, 2.45) is 50.2 Å². The number of allylic oxidation sites excluding steroid dienone is 2. The molecule has 0 spiro atoms. The summed E-state index contributed by atoms with van der Waals surface area (Å²) < 4.78 is 0. The number of carbonyl (C=O) groups excluding carboxylic acids is 2. The van der Waals surface area contributed by atoms with E-state index < -0.39 is 24.2 Å². The number of rotatable bonds is 14. The maximum atomic E-state index is 14.4. The minimum atomic E-state index is -1.01. The third-order valence-corrected chi connectivity index (χ3v) is 16.4. The number of hydrogen-bond acceptors (Lipinski definition) is 5. The van der Waals surface area contributed by atoms with Crippen molar-refractivity contribution in [2.45, 2.75) is 189 Å². The van der Waals surface area contributed by atoms with Gasteiger partial charge in [0.15, 0.2) is 0 Å². The summed E-state index contributed by atoms with van der Waals surface area (Å²) in [6.45, 7) is 18.9. The van der Waals surface area contributed by atoms with Crippen LogP contribution in [0.5, 0.6) is 0 Å². The number of aliphatic hydroxyl groups excluding tert-OH is 2. The number of carboxylic acids is 1. The molecule has 5 N–H and O–H groups in total. The van der Waals surface area contributed by atoms with E-state index in [0.29, 0.717) is 24.7 Å². The van der Waals surface area contributed by atoms with Gasteiger partial charge in [-0.25, -0.2) is 0 Å². The second-order valence-electron chi connectivity index (χ2n) is 20.4. The lowest BCUT2D eigenvalue weighted by Gasteiger charge is -2.71. The van der Waals surface area contributed by atoms with E-state index >= 15 is 0 Å². The van der Waals surface area contributed by atoms with Crippen LogP contribution in [-0.2, 0) is 14.4 Å². The van der Waals surface area contributed by atoms with Crippen LogP contribution in [-0.4, -0.2) is 57.9 Å². The van der Waals surface area contributed by atoms with E-state index in [2.05, 4.69) is 65.2 Å². The van der Waals surface area contributed by atoms with Crippen molar-refractivity contribution in [3.05, 3.63) is 11.6 Å². The average Bonchev–Trinajstić information content (AvgIpc) is 3.06. The monoisotopic (exact) mass is 727 g/mol. The van der Waals surface area contributed by atoms with Gasteiger partial charge in [0.05, 0.1) is 17.6 Å². The van der Waals surface area contributed by atoms with Gasteiger partial charge >= 0.3 is 5.97 Å². The molecule has 8 nitrogen and oxygen atoms in total. The number of aliphatic hydroxyl groups is 2. The van der Waals surface area contributed by atoms with Crippen LogP contribution >= 0.6 is 0 Å². The largest absolute Gasteiger partial charge is 0.480 e. The van der Waals surface area contributed by atoms with Crippen LogP contribution in [0.15, 0.2) is 11.6 Å². The van der Waals surface area contributed by atoms with Crippen molar-refractivity contribution in [1.29, 1.82) is 0 Å². The highest BCUT2D eigenvalue weighted by Crippen LogP contribution is 2.75. The molecule has 5 rings (SSSR count). The molecule has 0 unspecified atom stereocenters. The van der Waals surface area contributed by atoms with E-state index in [1.807, 2.05) is 0 Å². The zero-order chi connectivity index (χ0) is 38.3.